The summed E-state index contributed by atoms with van der Waals surface area (Å²) in [6.07, 6.45) is 6.57. The minimum Gasteiger partial charge on any atom is -0.380 e. The zero-order chi connectivity index (χ0) is 10.7. The predicted molar refractivity (Wildman–Crippen MR) is 58.7 cm³/mol. The number of ether oxygens (including phenoxy) is 1. The first-order chi connectivity index (χ1) is 7.31. The number of hydrogen-bond donors (Lipinski definition) is 1. The van der Waals surface area contributed by atoms with E-state index in [1.54, 1.807) is 7.11 Å². The summed E-state index contributed by atoms with van der Waals surface area (Å²) in [5, 5.41) is 3.49. The standard InChI is InChI=1S/C11H19N3O/c1-9(15-2)7-14-8-12-6-11(14)10-4-3-5-13-10/h6,8-10,13H,3-5,7H2,1-2H3/t9?,10-/m0/s1. The van der Waals surface area contributed by atoms with Crippen molar-refractivity contribution in [3.8, 4) is 0 Å². The quantitative estimate of drug-likeness (QED) is 0.813. The third-order valence-electron chi connectivity index (χ3n) is 3.02. The van der Waals surface area contributed by atoms with Crippen LogP contribution >= 0.6 is 0 Å². The molecular weight excluding hydrogens is 190 g/mol. The van der Waals surface area contributed by atoms with E-state index in [0.717, 1.165) is 13.1 Å². The molecule has 0 saturated carbocycles. The highest BCUT2D eigenvalue weighted by Crippen LogP contribution is 2.22. The fourth-order valence-corrected chi connectivity index (χ4v) is 2.06. The van der Waals surface area contributed by atoms with E-state index in [4.69, 9.17) is 4.74 Å². The van der Waals surface area contributed by atoms with Crippen LogP contribution in [0, 0.1) is 0 Å². The summed E-state index contributed by atoms with van der Waals surface area (Å²) in [6.45, 7) is 4.07. The lowest BCUT2D eigenvalue weighted by Crippen LogP contribution is -2.21. The van der Waals surface area contributed by atoms with Crippen molar-refractivity contribution in [1.29, 1.82) is 0 Å². The zero-order valence-electron chi connectivity index (χ0n) is 9.44. The molecule has 1 saturated heterocycles. The van der Waals surface area contributed by atoms with E-state index in [0.29, 0.717) is 6.04 Å². The molecule has 1 aromatic heterocycles. The molecule has 2 heterocycles. The maximum Gasteiger partial charge on any atom is 0.0949 e. The van der Waals surface area contributed by atoms with E-state index >= 15 is 0 Å². The van der Waals surface area contributed by atoms with Gasteiger partial charge in [-0.3, -0.25) is 0 Å². The van der Waals surface area contributed by atoms with Gasteiger partial charge >= 0.3 is 0 Å². The summed E-state index contributed by atoms with van der Waals surface area (Å²) in [5.74, 6) is 0. The molecule has 0 amide bonds. The van der Waals surface area contributed by atoms with Crippen molar-refractivity contribution in [2.24, 2.45) is 0 Å². The molecule has 1 aliphatic heterocycles. The third kappa shape index (κ3) is 2.38. The minimum atomic E-state index is 0.236. The van der Waals surface area contributed by atoms with Crippen LogP contribution in [0.4, 0.5) is 0 Å². The number of rotatable bonds is 4. The molecule has 0 aromatic carbocycles. The average molecular weight is 209 g/mol. The third-order valence-corrected chi connectivity index (χ3v) is 3.02. The van der Waals surface area contributed by atoms with Gasteiger partial charge in [0.15, 0.2) is 0 Å². The molecule has 4 heteroatoms. The van der Waals surface area contributed by atoms with Crippen molar-refractivity contribution < 1.29 is 4.74 Å². The molecule has 1 fully saturated rings. The highest BCUT2D eigenvalue weighted by atomic mass is 16.5. The van der Waals surface area contributed by atoms with Crippen molar-refractivity contribution >= 4 is 0 Å². The Morgan fingerprint density at radius 3 is 3.27 bits per heavy atom. The SMILES string of the molecule is COC(C)Cn1cncc1[C@@H]1CCCN1. The van der Waals surface area contributed by atoms with Gasteiger partial charge in [0.25, 0.3) is 0 Å². The van der Waals surface area contributed by atoms with E-state index in [-0.39, 0.29) is 6.10 Å². The monoisotopic (exact) mass is 209 g/mol. The fraction of sp³-hybridized carbons (Fsp3) is 0.727. The van der Waals surface area contributed by atoms with Crippen LogP contribution in [0.15, 0.2) is 12.5 Å². The molecule has 0 spiro atoms. The molecule has 2 atom stereocenters. The smallest absolute Gasteiger partial charge is 0.0949 e. The molecule has 1 aliphatic rings. The number of nitrogens with zero attached hydrogens (tertiary/aromatic N) is 2. The van der Waals surface area contributed by atoms with E-state index in [1.165, 1.54) is 18.5 Å². The van der Waals surface area contributed by atoms with Crippen molar-refractivity contribution in [3.63, 3.8) is 0 Å². The molecule has 4 nitrogen and oxygen atoms in total. The maximum atomic E-state index is 5.27. The number of aromatic nitrogens is 2. The van der Waals surface area contributed by atoms with Gasteiger partial charge in [0.05, 0.1) is 18.1 Å². The minimum absolute atomic E-state index is 0.236. The second kappa shape index (κ2) is 4.77. The van der Waals surface area contributed by atoms with Crippen molar-refractivity contribution in [2.45, 2.75) is 38.5 Å². The van der Waals surface area contributed by atoms with Gasteiger partial charge in [-0.05, 0) is 26.3 Å². The van der Waals surface area contributed by atoms with Crippen LogP contribution in [-0.2, 0) is 11.3 Å². The second-order valence-electron chi connectivity index (χ2n) is 4.17. The topological polar surface area (TPSA) is 39.1 Å². The van der Waals surface area contributed by atoms with Gasteiger partial charge < -0.3 is 14.6 Å². The van der Waals surface area contributed by atoms with Crippen LogP contribution in [0.25, 0.3) is 0 Å². The van der Waals surface area contributed by atoms with Crippen molar-refractivity contribution in [3.05, 3.63) is 18.2 Å². The Bertz CT molecular complexity index is 305. The summed E-state index contributed by atoms with van der Waals surface area (Å²) in [6, 6.07) is 0.483. The number of hydrogen-bond acceptors (Lipinski definition) is 3. The van der Waals surface area contributed by atoms with Crippen LogP contribution in [0.2, 0.25) is 0 Å². The Balaban J connectivity index is 2.07. The molecule has 2 rings (SSSR count). The summed E-state index contributed by atoms with van der Waals surface area (Å²) in [7, 11) is 1.75. The fourth-order valence-electron chi connectivity index (χ4n) is 2.06. The molecule has 0 bridgehead atoms. The van der Waals surface area contributed by atoms with Crippen molar-refractivity contribution in [2.75, 3.05) is 13.7 Å². The highest BCUT2D eigenvalue weighted by Gasteiger charge is 2.20. The predicted octanol–water partition coefficient (Wildman–Crippen LogP) is 1.34. The molecule has 84 valence electrons. The van der Waals surface area contributed by atoms with Gasteiger partial charge in [0.2, 0.25) is 0 Å². The normalized spacial score (nSPS) is 23.2. The van der Waals surface area contributed by atoms with Crippen molar-refractivity contribution in [1.82, 2.24) is 14.9 Å². The lowest BCUT2D eigenvalue weighted by Gasteiger charge is -2.16. The molecule has 0 aliphatic carbocycles. The Hall–Kier alpha value is -0.870. The molecular formula is C11H19N3O. The van der Waals surface area contributed by atoms with Gasteiger partial charge in [-0.15, -0.1) is 0 Å². The summed E-state index contributed by atoms with van der Waals surface area (Å²) >= 11 is 0. The lowest BCUT2D eigenvalue weighted by atomic mass is 10.2. The second-order valence-corrected chi connectivity index (χ2v) is 4.17. The molecule has 0 radical (unpaired) electrons. The Labute approximate surface area is 90.6 Å². The maximum absolute atomic E-state index is 5.27. The van der Waals surface area contributed by atoms with Crippen LogP contribution in [-0.4, -0.2) is 29.3 Å². The zero-order valence-corrected chi connectivity index (χ0v) is 9.44. The number of methoxy groups -OCH3 is 1. The van der Waals surface area contributed by atoms with E-state index < -0.39 is 0 Å². The number of nitrogens with one attached hydrogen (secondary N) is 1. The first-order valence-electron chi connectivity index (χ1n) is 5.57. The summed E-state index contributed by atoms with van der Waals surface area (Å²) in [4.78, 5) is 4.22. The van der Waals surface area contributed by atoms with Crippen LogP contribution in [0.1, 0.15) is 31.5 Å². The highest BCUT2D eigenvalue weighted by molar-refractivity contribution is 5.07. The Kier molecular flexibility index (Phi) is 3.38. The molecule has 1 N–H and O–H groups in total. The molecule has 15 heavy (non-hydrogen) atoms. The number of imidazole rings is 1. The Morgan fingerprint density at radius 2 is 2.60 bits per heavy atom. The first kappa shape index (κ1) is 10.6. The largest absolute Gasteiger partial charge is 0.380 e. The van der Waals surface area contributed by atoms with Gasteiger partial charge in [0, 0.05) is 25.9 Å². The molecule has 1 unspecified atom stereocenters. The summed E-state index contributed by atoms with van der Waals surface area (Å²) in [5.41, 5.74) is 1.29. The van der Waals surface area contributed by atoms with E-state index in [2.05, 4.69) is 21.8 Å². The van der Waals surface area contributed by atoms with Gasteiger partial charge in [0.1, 0.15) is 0 Å². The first-order valence-corrected chi connectivity index (χ1v) is 5.57. The van der Waals surface area contributed by atoms with Crippen LogP contribution in [0.5, 0.6) is 0 Å². The Morgan fingerprint density at radius 1 is 1.73 bits per heavy atom. The van der Waals surface area contributed by atoms with Crippen LogP contribution < -0.4 is 5.32 Å². The van der Waals surface area contributed by atoms with E-state index in [1.807, 2.05) is 12.5 Å². The summed E-state index contributed by atoms with van der Waals surface area (Å²) < 4.78 is 7.46. The van der Waals surface area contributed by atoms with Gasteiger partial charge in [-0.1, -0.05) is 0 Å². The molecule has 1 aromatic rings. The van der Waals surface area contributed by atoms with E-state index in [9.17, 15) is 0 Å². The lowest BCUT2D eigenvalue weighted by molar-refractivity contribution is 0.102. The van der Waals surface area contributed by atoms with Crippen LogP contribution in [0.3, 0.4) is 0 Å². The van der Waals surface area contributed by atoms with Gasteiger partial charge in [-0.2, -0.15) is 0 Å². The average Bonchev–Trinajstić information content (AvgIpc) is 2.86. The van der Waals surface area contributed by atoms with Gasteiger partial charge in [-0.25, -0.2) is 4.98 Å².